The Labute approximate surface area is 205 Å². The topological polar surface area (TPSA) is 102 Å². The largest absolute Gasteiger partial charge is 0.480 e. The summed E-state index contributed by atoms with van der Waals surface area (Å²) >= 11 is 0. The van der Waals surface area contributed by atoms with Gasteiger partial charge in [0.2, 0.25) is 0 Å². The van der Waals surface area contributed by atoms with Gasteiger partial charge in [-0.15, -0.1) is 0 Å². The molecule has 1 aliphatic heterocycles. The number of urea groups is 1. The molecular weight excluding hydrogens is 475 g/mol. The van der Waals surface area contributed by atoms with E-state index in [1.54, 1.807) is 12.1 Å². The molecule has 1 unspecified atom stereocenters. The van der Waals surface area contributed by atoms with Crippen LogP contribution < -0.4 is 4.90 Å². The van der Waals surface area contributed by atoms with Gasteiger partial charge in [0.15, 0.2) is 5.78 Å². The van der Waals surface area contributed by atoms with Gasteiger partial charge in [0.25, 0.3) is 0 Å². The molecule has 36 heavy (non-hydrogen) atoms. The quantitative estimate of drug-likeness (QED) is 0.585. The Morgan fingerprint density at radius 1 is 1.14 bits per heavy atom. The molecule has 0 spiro atoms. The first-order valence-corrected chi connectivity index (χ1v) is 11.3. The van der Waals surface area contributed by atoms with Crippen LogP contribution in [0.15, 0.2) is 59.8 Å². The summed E-state index contributed by atoms with van der Waals surface area (Å²) in [4.78, 5) is 41.0. The Hall–Kier alpha value is -4.13. The van der Waals surface area contributed by atoms with Crippen molar-refractivity contribution in [1.82, 2.24) is 4.90 Å². The Kier molecular flexibility index (Phi) is 6.59. The Balaban J connectivity index is 1.94. The first-order chi connectivity index (χ1) is 17.0. The number of hydrogen-bond donors (Lipinski definition) is 1. The molecule has 2 aliphatic rings. The highest BCUT2D eigenvalue weighted by Gasteiger charge is 2.45. The maximum Gasteiger partial charge on any atom is 0.416 e. The Morgan fingerprint density at radius 2 is 1.81 bits per heavy atom. The zero-order chi connectivity index (χ0) is 26.2. The zero-order valence-corrected chi connectivity index (χ0v) is 19.2. The minimum Gasteiger partial charge on any atom is -0.480 e. The SMILES string of the molecule is CC1=C(C(=O)C2CCC2)C(c2ccc(C#N)cc2)N(CC(=O)O)C(=O)N1c1cccc(C(F)(F)F)c1. The van der Waals surface area contributed by atoms with Gasteiger partial charge in [0, 0.05) is 17.2 Å². The molecule has 7 nitrogen and oxygen atoms in total. The highest BCUT2D eigenvalue weighted by atomic mass is 19.4. The Bertz CT molecular complexity index is 1290. The fraction of sp³-hybridized carbons (Fsp3) is 0.308. The highest BCUT2D eigenvalue weighted by Crippen LogP contribution is 2.43. The van der Waals surface area contributed by atoms with Crippen molar-refractivity contribution in [2.45, 2.75) is 38.4 Å². The summed E-state index contributed by atoms with van der Waals surface area (Å²) in [5, 5.41) is 18.7. The molecule has 186 valence electrons. The number of alkyl halides is 3. The van der Waals surface area contributed by atoms with Gasteiger partial charge < -0.3 is 10.0 Å². The number of halogens is 3. The van der Waals surface area contributed by atoms with Crippen molar-refractivity contribution >= 4 is 23.5 Å². The molecule has 1 fully saturated rings. The van der Waals surface area contributed by atoms with Gasteiger partial charge >= 0.3 is 18.2 Å². The number of amides is 2. The van der Waals surface area contributed by atoms with E-state index in [2.05, 4.69) is 0 Å². The molecular formula is C26H22F3N3O4. The van der Waals surface area contributed by atoms with Crippen molar-refractivity contribution in [3.8, 4) is 6.07 Å². The molecule has 2 aromatic carbocycles. The number of rotatable bonds is 6. The summed E-state index contributed by atoms with van der Waals surface area (Å²) in [7, 11) is 0. The smallest absolute Gasteiger partial charge is 0.416 e. The van der Waals surface area contributed by atoms with Crippen LogP contribution in [0.25, 0.3) is 0 Å². The van der Waals surface area contributed by atoms with Gasteiger partial charge in [0.1, 0.15) is 6.54 Å². The van der Waals surface area contributed by atoms with E-state index in [1.807, 2.05) is 6.07 Å². The molecule has 1 N–H and O–H groups in total. The molecule has 1 saturated carbocycles. The summed E-state index contributed by atoms with van der Waals surface area (Å²) in [5.74, 6) is -1.94. The lowest BCUT2D eigenvalue weighted by atomic mass is 9.76. The number of Topliss-reactive ketones (excluding diaryl/α,β-unsaturated/α-hetero) is 1. The number of anilines is 1. The molecule has 0 aromatic heterocycles. The van der Waals surface area contributed by atoms with Gasteiger partial charge in [-0.2, -0.15) is 18.4 Å². The van der Waals surface area contributed by atoms with Gasteiger partial charge in [-0.25, -0.2) is 4.79 Å². The number of benzene rings is 2. The number of allylic oxidation sites excluding steroid dienone is 1. The number of carbonyl (C=O) groups excluding carboxylic acids is 2. The normalized spacial score (nSPS) is 18.6. The predicted molar refractivity (Wildman–Crippen MR) is 123 cm³/mol. The number of aliphatic carboxylic acids is 1. The molecule has 10 heteroatoms. The highest BCUT2D eigenvalue weighted by molar-refractivity contribution is 6.07. The molecule has 2 amide bonds. The first-order valence-electron chi connectivity index (χ1n) is 11.3. The van der Waals surface area contributed by atoms with Crippen molar-refractivity contribution in [2.24, 2.45) is 5.92 Å². The van der Waals surface area contributed by atoms with E-state index in [0.717, 1.165) is 34.4 Å². The van der Waals surface area contributed by atoms with Crippen LogP contribution >= 0.6 is 0 Å². The second-order valence-corrected chi connectivity index (χ2v) is 8.82. The zero-order valence-electron chi connectivity index (χ0n) is 19.2. The van der Waals surface area contributed by atoms with Crippen molar-refractivity contribution in [3.05, 3.63) is 76.5 Å². The molecule has 0 bridgehead atoms. The number of carboxylic acids is 1. The fourth-order valence-corrected chi connectivity index (χ4v) is 4.58. The van der Waals surface area contributed by atoms with E-state index in [9.17, 15) is 32.7 Å². The molecule has 0 saturated heterocycles. The minimum absolute atomic E-state index is 0.125. The fourth-order valence-electron chi connectivity index (χ4n) is 4.58. The summed E-state index contributed by atoms with van der Waals surface area (Å²) in [6.07, 6.45) is -2.56. The van der Waals surface area contributed by atoms with E-state index < -0.39 is 36.3 Å². The lowest BCUT2D eigenvalue weighted by Gasteiger charge is -2.44. The second kappa shape index (κ2) is 9.49. The van der Waals surface area contributed by atoms with Crippen LogP contribution in [-0.4, -0.2) is 34.3 Å². The third-order valence-corrected chi connectivity index (χ3v) is 6.58. The predicted octanol–water partition coefficient (Wildman–Crippen LogP) is 5.29. The van der Waals surface area contributed by atoms with Crippen LogP contribution in [0.5, 0.6) is 0 Å². The van der Waals surface area contributed by atoms with Crippen LogP contribution in [0, 0.1) is 17.2 Å². The minimum atomic E-state index is -4.66. The molecule has 0 radical (unpaired) electrons. The number of carboxylic acid groups (broad SMARTS) is 1. The maximum atomic E-state index is 13.7. The molecule has 1 atom stereocenters. The lowest BCUT2D eigenvalue weighted by molar-refractivity contribution is -0.138. The molecule has 1 heterocycles. The molecule has 2 aromatic rings. The monoisotopic (exact) mass is 497 g/mol. The van der Waals surface area contributed by atoms with Gasteiger partial charge in [-0.3, -0.25) is 14.5 Å². The Morgan fingerprint density at radius 3 is 2.33 bits per heavy atom. The van der Waals surface area contributed by atoms with Crippen LogP contribution in [0.4, 0.5) is 23.7 Å². The first kappa shape index (κ1) is 25.0. The van der Waals surface area contributed by atoms with Crippen LogP contribution in [0.3, 0.4) is 0 Å². The van der Waals surface area contributed by atoms with Crippen LogP contribution in [0.1, 0.15) is 48.9 Å². The van der Waals surface area contributed by atoms with Crippen molar-refractivity contribution in [3.63, 3.8) is 0 Å². The molecule has 4 rings (SSSR count). The van der Waals surface area contributed by atoms with E-state index in [0.29, 0.717) is 24.0 Å². The van der Waals surface area contributed by atoms with Crippen LogP contribution in [-0.2, 0) is 15.8 Å². The number of nitriles is 1. The summed E-state index contributed by atoms with van der Waals surface area (Å²) in [5.41, 5.74) is -0.0422. The number of hydrogen-bond acceptors (Lipinski definition) is 4. The van der Waals surface area contributed by atoms with Crippen molar-refractivity contribution < 1.29 is 32.7 Å². The van der Waals surface area contributed by atoms with Gasteiger partial charge in [-0.1, -0.05) is 24.6 Å². The third-order valence-electron chi connectivity index (χ3n) is 6.58. The van der Waals surface area contributed by atoms with Gasteiger partial charge in [0.05, 0.1) is 28.9 Å². The van der Waals surface area contributed by atoms with Crippen LogP contribution in [0.2, 0.25) is 0 Å². The van der Waals surface area contributed by atoms with Gasteiger partial charge in [-0.05, 0) is 55.7 Å². The van der Waals surface area contributed by atoms with E-state index in [4.69, 9.17) is 5.26 Å². The average molecular weight is 497 g/mol. The number of ketones is 1. The lowest BCUT2D eigenvalue weighted by Crippen LogP contribution is -2.53. The van der Waals surface area contributed by atoms with E-state index in [1.165, 1.54) is 25.1 Å². The number of carbonyl (C=O) groups is 3. The summed E-state index contributed by atoms with van der Waals surface area (Å²) in [6, 6.07) is 10.3. The van der Waals surface area contributed by atoms with E-state index >= 15 is 0 Å². The van der Waals surface area contributed by atoms with Crippen molar-refractivity contribution in [2.75, 3.05) is 11.4 Å². The van der Waals surface area contributed by atoms with Crippen molar-refractivity contribution in [1.29, 1.82) is 5.26 Å². The van der Waals surface area contributed by atoms with E-state index in [-0.39, 0.29) is 28.7 Å². The summed E-state index contributed by atoms with van der Waals surface area (Å²) < 4.78 is 40.2. The average Bonchev–Trinajstić information content (AvgIpc) is 2.79. The summed E-state index contributed by atoms with van der Waals surface area (Å²) in [6.45, 7) is 0.701. The second-order valence-electron chi connectivity index (χ2n) is 8.82. The maximum absolute atomic E-state index is 13.7. The molecule has 1 aliphatic carbocycles. The standard InChI is InChI=1S/C26H22F3N3O4/c1-15-22(24(35)18-4-2-5-18)23(17-10-8-16(13-30)9-11-17)31(14-21(33)34)25(36)32(15)20-7-3-6-19(12-20)26(27,28)29/h3,6-12,18,23H,2,4-5,14H2,1H3,(H,33,34). The third kappa shape index (κ3) is 4.56. The number of nitrogens with zero attached hydrogens (tertiary/aromatic N) is 3.